The average Bonchev–Trinajstić information content (AvgIpc) is 2.48. The number of hydrogen-bond acceptors (Lipinski definition) is 4. The smallest absolute Gasteiger partial charge is 0.251 e. The molecule has 0 fully saturated rings. The van der Waals surface area contributed by atoms with Gasteiger partial charge in [0.25, 0.3) is 5.91 Å². The maximum absolute atomic E-state index is 12.1. The largest absolute Gasteiger partial charge is 0.508 e. The Bertz CT molecular complexity index is 626. The van der Waals surface area contributed by atoms with Crippen LogP contribution in [-0.4, -0.2) is 23.1 Å². The van der Waals surface area contributed by atoms with Crippen molar-refractivity contribution in [3.8, 4) is 11.6 Å². The quantitative estimate of drug-likeness (QED) is 0.893. The van der Waals surface area contributed by atoms with Gasteiger partial charge >= 0.3 is 0 Å². The van der Waals surface area contributed by atoms with E-state index in [4.69, 9.17) is 4.74 Å². The van der Waals surface area contributed by atoms with Gasteiger partial charge in [0.1, 0.15) is 5.75 Å². The van der Waals surface area contributed by atoms with Gasteiger partial charge in [-0.2, -0.15) is 0 Å². The maximum Gasteiger partial charge on any atom is 0.251 e. The van der Waals surface area contributed by atoms with Crippen molar-refractivity contribution in [3.63, 3.8) is 0 Å². The highest BCUT2D eigenvalue weighted by Gasteiger charge is 2.11. The van der Waals surface area contributed by atoms with E-state index >= 15 is 0 Å². The molecule has 20 heavy (non-hydrogen) atoms. The van der Waals surface area contributed by atoms with E-state index in [0.29, 0.717) is 23.6 Å². The molecule has 1 amide bonds. The lowest BCUT2D eigenvalue weighted by atomic mass is 10.1. The standard InChI is InChI=1S/C15H16N2O3/c1-10-12(4-3-5-13(10)18)15(19)17-9-11-6-7-16-14(8-11)20-2/h3-8,18H,9H2,1-2H3,(H,17,19). The molecule has 0 aliphatic rings. The van der Waals surface area contributed by atoms with E-state index in [9.17, 15) is 9.90 Å². The number of benzene rings is 1. The minimum absolute atomic E-state index is 0.114. The number of methoxy groups -OCH3 is 1. The third-order valence-electron chi connectivity index (χ3n) is 3.01. The Labute approximate surface area is 117 Å². The zero-order chi connectivity index (χ0) is 14.5. The van der Waals surface area contributed by atoms with E-state index in [0.717, 1.165) is 5.56 Å². The molecule has 0 atom stereocenters. The molecule has 1 aromatic carbocycles. The Morgan fingerprint density at radius 2 is 2.20 bits per heavy atom. The number of ether oxygens (including phenoxy) is 1. The fourth-order valence-electron chi connectivity index (χ4n) is 1.82. The van der Waals surface area contributed by atoms with Gasteiger partial charge in [-0.25, -0.2) is 4.98 Å². The minimum atomic E-state index is -0.228. The van der Waals surface area contributed by atoms with Crippen molar-refractivity contribution >= 4 is 5.91 Å². The highest BCUT2D eigenvalue weighted by Crippen LogP contribution is 2.19. The van der Waals surface area contributed by atoms with Crippen molar-refractivity contribution < 1.29 is 14.6 Å². The molecule has 0 unspecified atom stereocenters. The second-order valence-corrected chi connectivity index (χ2v) is 4.34. The van der Waals surface area contributed by atoms with Gasteiger partial charge in [0.15, 0.2) is 0 Å². The fourth-order valence-corrected chi connectivity index (χ4v) is 1.82. The van der Waals surface area contributed by atoms with Gasteiger partial charge in [-0.15, -0.1) is 0 Å². The van der Waals surface area contributed by atoms with Crippen LogP contribution in [0.15, 0.2) is 36.5 Å². The molecule has 0 aliphatic carbocycles. The van der Waals surface area contributed by atoms with Gasteiger partial charge < -0.3 is 15.2 Å². The summed E-state index contributed by atoms with van der Waals surface area (Å²) in [5.74, 6) is 0.391. The molecule has 2 N–H and O–H groups in total. The van der Waals surface area contributed by atoms with Crippen molar-refractivity contribution in [2.75, 3.05) is 7.11 Å². The van der Waals surface area contributed by atoms with Gasteiger partial charge in [0.05, 0.1) is 7.11 Å². The van der Waals surface area contributed by atoms with E-state index in [1.807, 2.05) is 0 Å². The number of hydrogen-bond donors (Lipinski definition) is 2. The molecule has 0 spiro atoms. The molecular formula is C15H16N2O3. The van der Waals surface area contributed by atoms with Crippen molar-refractivity contribution in [1.82, 2.24) is 10.3 Å². The van der Waals surface area contributed by atoms with Gasteiger partial charge in [0, 0.05) is 29.9 Å². The normalized spacial score (nSPS) is 10.1. The summed E-state index contributed by atoms with van der Waals surface area (Å²) in [5.41, 5.74) is 1.92. The number of pyridine rings is 1. The molecule has 0 saturated heterocycles. The number of carbonyl (C=O) groups excluding carboxylic acids is 1. The minimum Gasteiger partial charge on any atom is -0.508 e. The lowest BCUT2D eigenvalue weighted by Gasteiger charge is -2.09. The number of nitrogens with zero attached hydrogens (tertiary/aromatic N) is 1. The number of rotatable bonds is 4. The first-order valence-electron chi connectivity index (χ1n) is 6.17. The summed E-state index contributed by atoms with van der Waals surface area (Å²) in [6.07, 6.45) is 1.62. The number of nitrogens with one attached hydrogen (secondary N) is 1. The summed E-state index contributed by atoms with van der Waals surface area (Å²) in [4.78, 5) is 16.1. The van der Waals surface area contributed by atoms with Crippen LogP contribution in [-0.2, 0) is 6.54 Å². The summed E-state index contributed by atoms with van der Waals surface area (Å²) in [5, 5.41) is 12.4. The number of amides is 1. The molecule has 5 heteroatoms. The zero-order valence-corrected chi connectivity index (χ0v) is 11.4. The van der Waals surface area contributed by atoms with Crippen LogP contribution in [0.5, 0.6) is 11.6 Å². The molecule has 0 aliphatic heterocycles. The van der Waals surface area contributed by atoms with Gasteiger partial charge in [0.2, 0.25) is 5.88 Å². The Morgan fingerprint density at radius 3 is 2.95 bits per heavy atom. The SMILES string of the molecule is COc1cc(CNC(=O)c2cccc(O)c2C)ccn1. The van der Waals surface area contributed by atoms with Crippen LogP contribution < -0.4 is 10.1 Å². The van der Waals surface area contributed by atoms with Crippen LogP contribution >= 0.6 is 0 Å². The number of phenolic OH excluding ortho intramolecular Hbond substituents is 1. The maximum atomic E-state index is 12.1. The highest BCUT2D eigenvalue weighted by molar-refractivity contribution is 5.96. The molecule has 1 heterocycles. The molecule has 2 rings (SSSR count). The van der Waals surface area contributed by atoms with Gasteiger partial charge in [-0.1, -0.05) is 6.07 Å². The molecule has 1 aromatic heterocycles. The average molecular weight is 272 g/mol. The molecule has 0 radical (unpaired) electrons. The van der Waals surface area contributed by atoms with Crippen molar-refractivity contribution in [1.29, 1.82) is 0 Å². The second kappa shape index (κ2) is 6.06. The molecule has 0 saturated carbocycles. The Balaban J connectivity index is 2.06. The Kier molecular flexibility index (Phi) is 4.20. The first kappa shape index (κ1) is 13.9. The Morgan fingerprint density at radius 1 is 1.40 bits per heavy atom. The van der Waals surface area contributed by atoms with E-state index < -0.39 is 0 Å². The summed E-state index contributed by atoms with van der Waals surface area (Å²) in [7, 11) is 1.54. The first-order chi connectivity index (χ1) is 9.61. The summed E-state index contributed by atoms with van der Waals surface area (Å²) < 4.78 is 5.02. The van der Waals surface area contributed by atoms with Crippen LogP contribution in [0.25, 0.3) is 0 Å². The predicted molar refractivity (Wildman–Crippen MR) is 74.8 cm³/mol. The molecule has 0 bridgehead atoms. The third-order valence-corrected chi connectivity index (χ3v) is 3.01. The van der Waals surface area contributed by atoms with Crippen LogP contribution in [0.4, 0.5) is 0 Å². The molecule has 2 aromatic rings. The molecule has 5 nitrogen and oxygen atoms in total. The second-order valence-electron chi connectivity index (χ2n) is 4.34. The van der Waals surface area contributed by atoms with E-state index in [1.54, 1.807) is 50.6 Å². The molecule has 104 valence electrons. The van der Waals surface area contributed by atoms with E-state index in [-0.39, 0.29) is 11.7 Å². The topological polar surface area (TPSA) is 71.5 Å². The monoisotopic (exact) mass is 272 g/mol. The first-order valence-corrected chi connectivity index (χ1v) is 6.17. The number of carbonyl (C=O) groups is 1. The van der Waals surface area contributed by atoms with E-state index in [1.165, 1.54) is 0 Å². The van der Waals surface area contributed by atoms with Crippen LogP contribution in [0, 0.1) is 6.92 Å². The Hall–Kier alpha value is -2.56. The van der Waals surface area contributed by atoms with Crippen LogP contribution in [0.3, 0.4) is 0 Å². The predicted octanol–water partition coefficient (Wildman–Crippen LogP) is 2.03. The van der Waals surface area contributed by atoms with Crippen molar-refractivity contribution in [3.05, 3.63) is 53.2 Å². The van der Waals surface area contributed by atoms with Crippen molar-refractivity contribution in [2.45, 2.75) is 13.5 Å². The molecular weight excluding hydrogens is 256 g/mol. The van der Waals surface area contributed by atoms with E-state index in [2.05, 4.69) is 10.3 Å². The summed E-state index contributed by atoms with van der Waals surface area (Å²) in [6, 6.07) is 8.44. The lowest BCUT2D eigenvalue weighted by Crippen LogP contribution is -2.23. The van der Waals surface area contributed by atoms with Crippen molar-refractivity contribution in [2.24, 2.45) is 0 Å². The van der Waals surface area contributed by atoms with Gasteiger partial charge in [-0.3, -0.25) is 4.79 Å². The number of aromatic nitrogens is 1. The lowest BCUT2D eigenvalue weighted by molar-refractivity contribution is 0.0950. The third kappa shape index (κ3) is 3.06. The summed E-state index contributed by atoms with van der Waals surface area (Å²) in [6.45, 7) is 2.08. The summed E-state index contributed by atoms with van der Waals surface area (Å²) >= 11 is 0. The zero-order valence-electron chi connectivity index (χ0n) is 11.4. The number of phenols is 1. The van der Waals surface area contributed by atoms with Gasteiger partial charge in [-0.05, 0) is 30.7 Å². The number of aromatic hydroxyl groups is 1. The van der Waals surface area contributed by atoms with Crippen LogP contribution in [0.1, 0.15) is 21.5 Å². The highest BCUT2D eigenvalue weighted by atomic mass is 16.5. The van der Waals surface area contributed by atoms with Crippen LogP contribution in [0.2, 0.25) is 0 Å². The fraction of sp³-hybridized carbons (Fsp3) is 0.200.